The van der Waals surface area contributed by atoms with Crippen LogP contribution in [0.3, 0.4) is 0 Å². The number of ketones is 1. The summed E-state index contributed by atoms with van der Waals surface area (Å²) in [6.07, 6.45) is 2.09. The fourth-order valence-corrected chi connectivity index (χ4v) is 3.22. The summed E-state index contributed by atoms with van der Waals surface area (Å²) in [5.74, 6) is 2.02. The van der Waals surface area contributed by atoms with Crippen molar-refractivity contribution in [2.45, 2.75) is 40.2 Å². The second kappa shape index (κ2) is 6.67. The number of carbonyl (C=O) groups is 1. The lowest BCUT2D eigenvalue weighted by atomic mass is 9.94. The highest BCUT2D eigenvalue weighted by Gasteiger charge is 2.24. The van der Waals surface area contributed by atoms with Gasteiger partial charge in [-0.3, -0.25) is 9.69 Å². The predicted octanol–water partition coefficient (Wildman–Crippen LogP) is 3.76. The van der Waals surface area contributed by atoms with Gasteiger partial charge in [0, 0.05) is 24.6 Å². The lowest BCUT2D eigenvalue weighted by Gasteiger charge is -2.30. The Morgan fingerprint density at radius 3 is 2.96 bits per heavy atom. The maximum Gasteiger partial charge on any atom is 0.226 e. The molecule has 0 unspecified atom stereocenters. The number of nitrogens with zero attached hydrogens (tertiary/aromatic N) is 2. The standard InChI is InChI=1S/C19H24N2O2/c1-13-6-4-7-16(10-13)19-20-18(15(3)23-19)12-21-9-5-8-17(11-21)14(2)22/h4,6-7,10,17H,5,8-9,11-12H2,1-3H3/t17-/m0/s1. The zero-order valence-corrected chi connectivity index (χ0v) is 14.1. The molecular formula is C19H24N2O2. The first-order chi connectivity index (χ1) is 11.0. The summed E-state index contributed by atoms with van der Waals surface area (Å²) in [4.78, 5) is 18.6. The molecule has 3 rings (SSSR count). The van der Waals surface area contributed by atoms with E-state index in [1.165, 1.54) is 5.56 Å². The van der Waals surface area contributed by atoms with Crippen LogP contribution >= 0.6 is 0 Å². The first-order valence-corrected chi connectivity index (χ1v) is 8.29. The molecule has 1 aromatic heterocycles. The van der Waals surface area contributed by atoms with Gasteiger partial charge in [0.15, 0.2) is 0 Å². The van der Waals surface area contributed by atoms with E-state index in [9.17, 15) is 4.79 Å². The molecule has 1 fully saturated rings. The van der Waals surface area contributed by atoms with Crippen LogP contribution in [-0.4, -0.2) is 28.8 Å². The van der Waals surface area contributed by atoms with Crippen molar-refractivity contribution < 1.29 is 9.21 Å². The van der Waals surface area contributed by atoms with Crippen LogP contribution in [0.4, 0.5) is 0 Å². The molecule has 0 aliphatic carbocycles. The number of benzene rings is 1. The van der Waals surface area contributed by atoms with Crippen molar-refractivity contribution in [3.05, 3.63) is 41.3 Å². The minimum atomic E-state index is 0.173. The van der Waals surface area contributed by atoms with E-state index in [0.717, 1.165) is 49.5 Å². The normalized spacial score (nSPS) is 19.0. The Kier molecular flexibility index (Phi) is 4.62. The molecule has 0 saturated carbocycles. The van der Waals surface area contributed by atoms with E-state index in [-0.39, 0.29) is 5.92 Å². The number of rotatable bonds is 4. The maximum atomic E-state index is 11.6. The molecule has 1 atom stereocenters. The van der Waals surface area contributed by atoms with E-state index in [4.69, 9.17) is 9.40 Å². The summed E-state index contributed by atoms with van der Waals surface area (Å²) in [6, 6.07) is 8.19. The second-order valence-electron chi connectivity index (χ2n) is 6.58. The van der Waals surface area contributed by atoms with Gasteiger partial charge < -0.3 is 4.42 Å². The topological polar surface area (TPSA) is 46.3 Å². The van der Waals surface area contributed by atoms with E-state index in [1.54, 1.807) is 6.92 Å². The summed E-state index contributed by atoms with van der Waals surface area (Å²) in [5.41, 5.74) is 3.19. The Bertz CT molecular complexity index is 705. The average Bonchev–Trinajstić information content (AvgIpc) is 2.89. The Morgan fingerprint density at radius 2 is 2.22 bits per heavy atom. The summed E-state index contributed by atoms with van der Waals surface area (Å²) < 4.78 is 5.87. The van der Waals surface area contributed by atoms with E-state index in [2.05, 4.69) is 24.0 Å². The molecule has 0 spiro atoms. The Hall–Kier alpha value is -1.94. The molecule has 2 aromatic rings. The second-order valence-corrected chi connectivity index (χ2v) is 6.58. The first kappa shape index (κ1) is 15.9. The Labute approximate surface area is 137 Å². The molecule has 0 N–H and O–H groups in total. The number of Topliss-reactive ketones (excluding diaryl/α,β-unsaturated/α-hetero) is 1. The summed E-state index contributed by atoms with van der Waals surface area (Å²) >= 11 is 0. The van der Waals surface area contributed by atoms with Crippen molar-refractivity contribution in [1.29, 1.82) is 0 Å². The Balaban J connectivity index is 1.75. The van der Waals surface area contributed by atoms with Gasteiger partial charge in [0.1, 0.15) is 11.5 Å². The number of piperidine rings is 1. The number of hydrogen-bond acceptors (Lipinski definition) is 4. The van der Waals surface area contributed by atoms with Gasteiger partial charge in [-0.1, -0.05) is 17.7 Å². The fourth-order valence-electron chi connectivity index (χ4n) is 3.22. The number of aromatic nitrogens is 1. The highest BCUT2D eigenvalue weighted by Crippen LogP contribution is 2.25. The zero-order valence-electron chi connectivity index (χ0n) is 14.1. The SMILES string of the molecule is CC(=O)[C@H]1CCCN(Cc2nc(-c3cccc(C)c3)oc2C)C1. The third kappa shape index (κ3) is 3.70. The van der Waals surface area contributed by atoms with Crippen LogP contribution < -0.4 is 0 Å². The Morgan fingerprint density at radius 1 is 1.39 bits per heavy atom. The average molecular weight is 312 g/mol. The van der Waals surface area contributed by atoms with Crippen LogP contribution in [0, 0.1) is 19.8 Å². The molecule has 23 heavy (non-hydrogen) atoms. The number of aryl methyl sites for hydroxylation is 2. The lowest BCUT2D eigenvalue weighted by molar-refractivity contribution is -0.122. The third-order valence-corrected chi connectivity index (χ3v) is 4.61. The molecule has 4 heteroatoms. The van der Waals surface area contributed by atoms with Crippen molar-refractivity contribution in [3.8, 4) is 11.5 Å². The van der Waals surface area contributed by atoms with Crippen LogP contribution in [0.15, 0.2) is 28.7 Å². The smallest absolute Gasteiger partial charge is 0.226 e. The largest absolute Gasteiger partial charge is 0.441 e. The molecule has 1 aromatic carbocycles. The molecule has 1 aliphatic heterocycles. The van der Waals surface area contributed by atoms with Gasteiger partial charge in [0.25, 0.3) is 0 Å². The van der Waals surface area contributed by atoms with Gasteiger partial charge in [-0.15, -0.1) is 0 Å². The van der Waals surface area contributed by atoms with Crippen molar-refractivity contribution in [1.82, 2.24) is 9.88 Å². The number of oxazole rings is 1. The molecule has 0 radical (unpaired) electrons. The first-order valence-electron chi connectivity index (χ1n) is 8.29. The van der Waals surface area contributed by atoms with Crippen LogP contribution in [0.25, 0.3) is 11.5 Å². The molecule has 0 bridgehead atoms. The molecular weight excluding hydrogens is 288 g/mol. The molecule has 0 amide bonds. The molecule has 1 saturated heterocycles. The highest BCUT2D eigenvalue weighted by molar-refractivity contribution is 5.78. The molecule has 2 heterocycles. The monoisotopic (exact) mass is 312 g/mol. The quantitative estimate of drug-likeness (QED) is 0.862. The minimum Gasteiger partial charge on any atom is -0.441 e. The number of likely N-dealkylation sites (tertiary alicyclic amines) is 1. The summed E-state index contributed by atoms with van der Waals surface area (Å²) in [7, 11) is 0. The zero-order chi connectivity index (χ0) is 16.4. The van der Waals surface area contributed by atoms with Gasteiger partial charge in [0.2, 0.25) is 5.89 Å². The molecule has 122 valence electrons. The highest BCUT2D eigenvalue weighted by atomic mass is 16.4. The van der Waals surface area contributed by atoms with Crippen molar-refractivity contribution in [2.75, 3.05) is 13.1 Å². The van der Waals surface area contributed by atoms with Gasteiger partial charge in [-0.25, -0.2) is 4.98 Å². The van der Waals surface area contributed by atoms with Gasteiger partial charge in [0.05, 0.1) is 5.69 Å². The fraction of sp³-hybridized carbons (Fsp3) is 0.474. The summed E-state index contributed by atoms with van der Waals surface area (Å²) in [6.45, 7) is 8.34. The van der Waals surface area contributed by atoms with Gasteiger partial charge in [-0.05, 0) is 52.3 Å². The molecule has 4 nitrogen and oxygen atoms in total. The number of hydrogen-bond donors (Lipinski definition) is 0. The van der Waals surface area contributed by atoms with Crippen LogP contribution in [0.1, 0.15) is 36.8 Å². The van der Waals surface area contributed by atoms with Crippen LogP contribution in [0.5, 0.6) is 0 Å². The lowest BCUT2D eigenvalue weighted by Crippen LogP contribution is -2.37. The van der Waals surface area contributed by atoms with Gasteiger partial charge >= 0.3 is 0 Å². The number of carbonyl (C=O) groups excluding carboxylic acids is 1. The molecule has 1 aliphatic rings. The predicted molar refractivity (Wildman–Crippen MR) is 90.1 cm³/mol. The maximum absolute atomic E-state index is 11.6. The van der Waals surface area contributed by atoms with E-state index in [0.29, 0.717) is 11.7 Å². The third-order valence-electron chi connectivity index (χ3n) is 4.61. The van der Waals surface area contributed by atoms with Crippen LogP contribution in [-0.2, 0) is 11.3 Å². The summed E-state index contributed by atoms with van der Waals surface area (Å²) in [5, 5.41) is 0. The van der Waals surface area contributed by atoms with Crippen molar-refractivity contribution in [2.24, 2.45) is 5.92 Å². The van der Waals surface area contributed by atoms with Crippen molar-refractivity contribution in [3.63, 3.8) is 0 Å². The van der Waals surface area contributed by atoms with E-state index in [1.807, 2.05) is 19.1 Å². The van der Waals surface area contributed by atoms with E-state index < -0.39 is 0 Å². The van der Waals surface area contributed by atoms with Crippen LogP contribution in [0.2, 0.25) is 0 Å². The van der Waals surface area contributed by atoms with E-state index >= 15 is 0 Å². The van der Waals surface area contributed by atoms with Crippen molar-refractivity contribution >= 4 is 5.78 Å². The minimum absolute atomic E-state index is 0.173. The van der Waals surface area contributed by atoms with Gasteiger partial charge in [-0.2, -0.15) is 0 Å².